The van der Waals surface area contributed by atoms with Crippen LogP contribution in [-0.2, 0) is 19.1 Å². The summed E-state index contributed by atoms with van der Waals surface area (Å²) in [4.78, 5) is 35.6. The van der Waals surface area contributed by atoms with Crippen LogP contribution in [0.4, 0.5) is 0 Å². The number of carbonyl (C=O) groups excluding carboxylic acids is 3. The van der Waals surface area contributed by atoms with E-state index in [0.29, 0.717) is 12.0 Å². The Morgan fingerprint density at radius 3 is 2.27 bits per heavy atom. The lowest BCUT2D eigenvalue weighted by Gasteiger charge is -2.08. The van der Waals surface area contributed by atoms with Crippen molar-refractivity contribution in [1.82, 2.24) is 0 Å². The highest BCUT2D eigenvalue weighted by Crippen LogP contribution is 2.21. The van der Waals surface area contributed by atoms with E-state index in [4.69, 9.17) is 9.47 Å². The van der Waals surface area contributed by atoms with Crippen LogP contribution in [0.1, 0.15) is 36.5 Å². The summed E-state index contributed by atoms with van der Waals surface area (Å²) in [6.07, 6.45) is -0.750. The molecule has 5 nitrogen and oxygen atoms in total. The van der Waals surface area contributed by atoms with Gasteiger partial charge < -0.3 is 9.47 Å². The number of hydrogen-bond acceptors (Lipinski definition) is 5. The maximum Gasteiger partial charge on any atom is 0.347 e. The highest BCUT2D eigenvalue weighted by molar-refractivity contribution is 5.98. The van der Waals surface area contributed by atoms with Gasteiger partial charge in [0, 0.05) is 18.4 Å². The lowest BCUT2D eigenvalue weighted by Crippen LogP contribution is -2.23. The number of ether oxygens (including phenoxy) is 2. The minimum Gasteiger partial charge on any atom is -0.460 e. The van der Waals surface area contributed by atoms with Gasteiger partial charge >= 0.3 is 11.9 Å². The smallest absolute Gasteiger partial charge is 0.347 e. The standard InChI is InChI=1S/C21H20O5/c1-14-13-19(21(24)25-14)26-20(23)12-11-18(22)17-9-7-16(8-10-17)15-5-3-2-4-6-15/h2-10,14,19H,11-13H2,1H3/t14-,19+/m0/s1. The third kappa shape index (κ3) is 4.36. The number of ketones is 1. The van der Waals surface area contributed by atoms with Gasteiger partial charge in [-0.2, -0.15) is 0 Å². The predicted molar refractivity (Wildman–Crippen MR) is 95.5 cm³/mol. The van der Waals surface area contributed by atoms with Crippen LogP contribution < -0.4 is 0 Å². The molecule has 5 heteroatoms. The zero-order valence-corrected chi connectivity index (χ0v) is 14.5. The van der Waals surface area contributed by atoms with E-state index in [0.717, 1.165) is 11.1 Å². The van der Waals surface area contributed by atoms with Gasteiger partial charge in [0.25, 0.3) is 0 Å². The molecule has 1 saturated heterocycles. The van der Waals surface area contributed by atoms with E-state index in [-0.39, 0.29) is 24.7 Å². The van der Waals surface area contributed by atoms with Gasteiger partial charge in [0.2, 0.25) is 6.10 Å². The van der Waals surface area contributed by atoms with Crippen molar-refractivity contribution in [3.8, 4) is 11.1 Å². The molecule has 134 valence electrons. The first kappa shape index (κ1) is 17.9. The Labute approximate surface area is 151 Å². The number of rotatable bonds is 6. The summed E-state index contributed by atoms with van der Waals surface area (Å²) in [6, 6.07) is 17.2. The fourth-order valence-electron chi connectivity index (χ4n) is 2.87. The molecule has 0 aliphatic carbocycles. The van der Waals surface area contributed by atoms with E-state index >= 15 is 0 Å². The van der Waals surface area contributed by atoms with Gasteiger partial charge in [-0.15, -0.1) is 0 Å². The van der Waals surface area contributed by atoms with Crippen LogP contribution in [-0.4, -0.2) is 29.9 Å². The van der Waals surface area contributed by atoms with Crippen molar-refractivity contribution in [2.24, 2.45) is 0 Å². The van der Waals surface area contributed by atoms with Crippen molar-refractivity contribution in [3.05, 3.63) is 60.2 Å². The summed E-state index contributed by atoms with van der Waals surface area (Å²) in [6.45, 7) is 1.74. The van der Waals surface area contributed by atoms with E-state index in [2.05, 4.69) is 0 Å². The quantitative estimate of drug-likeness (QED) is 0.587. The van der Waals surface area contributed by atoms with Crippen molar-refractivity contribution >= 4 is 17.7 Å². The Morgan fingerprint density at radius 1 is 1.00 bits per heavy atom. The van der Waals surface area contributed by atoms with Crippen molar-refractivity contribution < 1.29 is 23.9 Å². The van der Waals surface area contributed by atoms with Gasteiger partial charge in [0.1, 0.15) is 6.10 Å². The molecule has 1 aliphatic rings. The number of benzene rings is 2. The van der Waals surface area contributed by atoms with E-state index in [1.165, 1.54) is 0 Å². The highest BCUT2D eigenvalue weighted by Gasteiger charge is 2.34. The molecule has 2 aromatic carbocycles. The maximum atomic E-state index is 12.3. The van der Waals surface area contributed by atoms with Crippen LogP contribution in [0.25, 0.3) is 11.1 Å². The average Bonchev–Trinajstić information content (AvgIpc) is 2.97. The molecule has 1 heterocycles. The lowest BCUT2D eigenvalue weighted by molar-refractivity contribution is -0.160. The van der Waals surface area contributed by atoms with Gasteiger partial charge in [-0.3, -0.25) is 9.59 Å². The van der Waals surface area contributed by atoms with E-state index in [1.54, 1.807) is 19.1 Å². The molecule has 1 fully saturated rings. The molecule has 0 aromatic heterocycles. The van der Waals surface area contributed by atoms with Crippen LogP contribution in [0, 0.1) is 0 Å². The third-order valence-corrected chi connectivity index (χ3v) is 4.27. The molecular formula is C21H20O5. The largest absolute Gasteiger partial charge is 0.460 e. The summed E-state index contributed by atoms with van der Waals surface area (Å²) in [7, 11) is 0. The number of hydrogen-bond donors (Lipinski definition) is 0. The number of cyclic esters (lactones) is 1. The predicted octanol–water partition coefficient (Wildman–Crippen LogP) is 3.56. The number of carbonyl (C=O) groups is 3. The van der Waals surface area contributed by atoms with E-state index in [9.17, 15) is 14.4 Å². The van der Waals surface area contributed by atoms with Crippen molar-refractivity contribution in [1.29, 1.82) is 0 Å². The van der Waals surface area contributed by atoms with Gasteiger partial charge in [-0.1, -0.05) is 54.6 Å². The number of Topliss-reactive ketones (excluding diaryl/α,β-unsaturated/α-hetero) is 1. The fraction of sp³-hybridized carbons (Fsp3) is 0.286. The molecule has 0 amide bonds. The maximum absolute atomic E-state index is 12.3. The summed E-state index contributed by atoms with van der Waals surface area (Å²) in [5.41, 5.74) is 2.65. The van der Waals surface area contributed by atoms with Gasteiger partial charge in [-0.25, -0.2) is 4.79 Å². The molecule has 0 spiro atoms. The molecule has 2 atom stereocenters. The first-order valence-electron chi connectivity index (χ1n) is 8.61. The van der Waals surface area contributed by atoms with Crippen molar-refractivity contribution in [3.63, 3.8) is 0 Å². The minimum absolute atomic E-state index is 0.0425. The summed E-state index contributed by atoms with van der Waals surface area (Å²) in [5.74, 6) is -1.21. The second kappa shape index (κ2) is 7.95. The molecule has 1 aliphatic heterocycles. The molecule has 0 N–H and O–H groups in total. The fourth-order valence-corrected chi connectivity index (χ4v) is 2.87. The second-order valence-corrected chi connectivity index (χ2v) is 6.33. The van der Waals surface area contributed by atoms with Crippen LogP contribution in [0.3, 0.4) is 0 Å². The first-order valence-corrected chi connectivity index (χ1v) is 8.61. The van der Waals surface area contributed by atoms with Crippen LogP contribution in [0.5, 0.6) is 0 Å². The summed E-state index contributed by atoms with van der Waals surface area (Å²) in [5, 5.41) is 0. The Morgan fingerprint density at radius 2 is 1.65 bits per heavy atom. The lowest BCUT2D eigenvalue weighted by atomic mass is 10.0. The van der Waals surface area contributed by atoms with Crippen molar-refractivity contribution in [2.45, 2.75) is 38.4 Å². The second-order valence-electron chi connectivity index (χ2n) is 6.33. The van der Waals surface area contributed by atoms with Crippen LogP contribution >= 0.6 is 0 Å². The Bertz CT molecular complexity index is 795. The molecule has 0 unspecified atom stereocenters. The minimum atomic E-state index is -0.849. The molecule has 0 radical (unpaired) electrons. The van der Waals surface area contributed by atoms with E-state index < -0.39 is 18.0 Å². The molecule has 3 rings (SSSR count). The van der Waals surface area contributed by atoms with E-state index in [1.807, 2.05) is 42.5 Å². The molecule has 26 heavy (non-hydrogen) atoms. The molecular weight excluding hydrogens is 332 g/mol. The van der Waals surface area contributed by atoms with Crippen LogP contribution in [0.2, 0.25) is 0 Å². The van der Waals surface area contributed by atoms with Crippen molar-refractivity contribution in [2.75, 3.05) is 0 Å². The van der Waals surface area contributed by atoms with Gasteiger partial charge in [0.05, 0.1) is 6.42 Å². The normalized spacial score (nSPS) is 19.0. The average molecular weight is 352 g/mol. The Kier molecular flexibility index (Phi) is 5.46. The Hall–Kier alpha value is -2.95. The third-order valence-electron chi connectivity index (χ3n) is 4.27. The molecule has 2 aromatic rings. The summed E-state index contributed by atoms with van der Waals surface area (Å²) < 4.78 is 10.0. The van der Waals surface area contributed by atoms with Crippen LogP contribution in [0.15, 0.2) is 54.6 Å². The Balaban J connectivity index is 1.52. The highest BCUT2D eigenvalue weighted by atomic mass is 16.6. The molecule has 0 bridgehead atoms. The molecule has 0 saturated carbocycles. The van der Waals surface area contributed by atoms with Gasteiger partial charge in [-0.05, 0) is 18.1 Å². The van der Waals surface area contributed by atoms with Gasteiger partial charge in [0.15, 0.2) is 5.78 Å². The monoisotopic (exact) mass is 352 g/mol. The SMILES string of the molecule is C[C@H]1C[C@@H](OC(=O)CCC(=O)c2ccc(-c3ccccc3)cc2)C(=O)O1. The zero-order chi connectivity index (χ0) is 18.5. The topological polar surface area (TPSA) is 69.7 Å². The zero-order valence-electron chi connectivity index (χ0n) is 14.5. The number of esters is 2. The summed E-state index contributed by atoms with van der Waals surface area (Å²) >= 11 is 0. The first-order chi connectivity index (χ1) is 12.5.